The van der Waals surface area contributed by atoms with Crippen molar-refractivity contribution in [3.63, 3.8) is 0 Å². The molecular weight excluding hydrogens is 240 g/mol. The molecule has 0 heteroatoms. The van der Waals surface area contributed by atoms with Crippen LogP contribution in [-0.4, -0.2) is 0 Å². The summed E-state index contributed by atoms with van der Waals surface area (Å²) in [6.45, 7) is 10.7. The van der Waals surface area contributed by atoms with Crippen molar-refractivity contribution in [3.8, 4) is 0 Å². The molecule has 2 aliphatic rings. The van der Waals surface area contributed by atoms with Crippen LogP contribution < -0.4 is 0 Å². The largest absolute Gasteiger partial charge is 0.0987 e. The minimum Gasteiger partial charge on any atom is -0.0987 e. The summed E-state index contributed by atoms with van der Waals surface area (Å²) < 4.78 is 0. The third-order valence-corrected chi connectivity index (χ3v) is 5.01. The van der Waals surface area contributed by atoms with Gasteiger partial charge in [0.05, 0.1) is 0 Å². The van der Waals surface area contributed by atoms with E-state index in [1.54, 1.807) is 0 Å². The zero-order valence-corrected chi connectivity index (χ0v) is 12.7. The molecule has 1 aromatic rings. The first-order valence-corrected chi connectivity index (χ1v) is 7.42. The molecule has 0 aliphatic heterocycles. The van der Waals surface area contributed by atoms with Crippen molar-refractivity contribution in [2.75, 3.05) is 0 Å². The summed E-state index contributed by atoms with van der Waals surface area (Å²) >= 11 is 0. The average molecular weight is 262 g/mol. The van der Waals surface area contributed by atoms with E-state index in [1.165, 1.54) is 33.4 Å². The molecule has 0 heterocycles. The number of allylic oxidation sites excluding steroid dienone is 7. The zero-order chi connectivity index (χ0) is 14.3. The van der Waals surface area contributed by atoms with Crippen molar-refractivity contribution in [2.24, 2.45) is 5.41 Å². The Morgan fingerprint density at radius 1 is 1.05 bits per heavy atom. The summed E-state index contributed by atoms with van der Waals surface area (Å²) in [5.41, 5.74) is 8.86. The Balaban J connectivity index is 2.21. The molecule has 0 N–H and O–H groups in total. The maximum absolute atomic E-state index is 4.10. The van der Waals surface area contributed by atoms with E-state index in [4.69, 9.17) is 0 Å². The molecule has 0 fully saturated rings. The lowest BCUT2D eigenvalue weighted by molar-refractivity contribution is 0.488. The Morgan fingerprint density at radius 2 is 1.65 bits per heavy atom. The van der Waals surface area contributed by atoms with Crippen molar-refractivity contribution >= 4 is 0 Å². The molecule has 1 aromatic carbocycles. The van der Waals surface area contributed by atoms with Gasteiger partial charge in [-0.15, -0.1) is 0 Å². The van der Waals surface area contributed by atoms with E-state index in [2.05, 4.69) is 69.8 Å². The van der Waals surface area contributed by atoms with Crippen LogP contribution >= 0.6 is 0 Å². The second-order valence-corrected chi connectivity index (χ2v) is 5.85. The smallest absolute Gasteiger partial charge is 0.0288 e. The first kappa shape index (κ1) is 13.2. The SMILES string of the molecule is C=CC1=C(C)C(=C/C)/C(=C\C)C12Cc1ccccc1C2. The minimum absolute atomic E-state index is 0.131. The molecule has 3 rings (SSSR count). The third kappa shape index (κ3) is 1.54. The lowest BCUT2D eigenvalue weighted by Gasteiger charge is -2.28. The molecule has 1 spiro atoms. The fraction of sp³-hybridized carbons (Fsp3) is 0.300. The standard InChI is InChI=1S/C20H22/c1-5-17-14(4)18(6-2)20(19(17)7-3)12-15-10-8-9-11-16(15)13-20/h5-11H,2,12-13H2,1,3-4H3/b17-5-,19-7+. The average Bonchev–Trinajstić information content (AvgIpc) is 2.93. The Hall–Kier alpha value is -1.82. The van der Waals surface area contributed by atoms with Gasteiger partial charge in [-0.3, -0.25) is 0 Å². The van der Waals surface area contributed by atoms with Gasteiger partial charge in [-0.05, 0) is 67.0 Å². The van der Waals surface area contributed by atoms with E-state index in [9.17, 15) is 0 Å². The van der Waals surface area contributed by atoms with Crippen LogP contribution in [-0.2, 0) is 12.8 Å². The van der Waals surface area contributed by atoms with Crippen molar-refractivity contribution < 1.29 is 0 Å². The van der Waals surface area contributed by atoms with E-state index < -0.39 is 0 Å². The number of benzene rings is 1. The zero-order valence-electron chi connectivity index (χ0n) is 12.7. The monoisotopic (exact) mass is 262 g/mol. The van der Waals surface area contributed by atoms with Gasteiger partial charge >= 0.3 is 0 Å². The molecule has 0 saturated carbocycles. The third-order valence-electron chi connectivity index (χ3n) is 5.01. The molecule has 0 bridgehead atoms. The summed E-state index contributed by atoms with van der Waals surface area (Å²) in [5, 5.41) is 0. The van der Waals surface area contributed by atoms with Crippen molar-refractivity contribution in [1.82, 2.24) is 0 Å². The topological polar surface area (TPSA) is 0 Å². The van der Waals surface area contributed by atoms with E-state index >= 15 is 0 Å². The molecule has 102 valence electrons. The highest BCUT2D eigenvalue weighted by Gasteiger charge is 2.47. The molecule has 0 saturated heterocycles. The molecule has 0 aromatic heterocycles. The van der Waals surface area contributed by atoms with Crippen LogP contribution in [0.2, 0.25) is 0 Å². The summed E-state index contributed by atoms with van der Waals surface area (Å²) in [6, 6.07) is 8.87. The maximum Gasteiger partial charge on any atom is 0.0288 e. The van der Waals surface area contributed by atoms with Gasteiger partial charge in [-0.2, -0.15) is 0 Å². The van der Waals surface area contributed by atoms with E-state index in [-0.39, 0.29) is 5.41 Å². The number of hydrogen-bond acceptors (Lipinski definition) is 0. The Kier molecular flexibility index (Phi) is 3.05. The summed E-state index contributed by atoms with van der Waals surface area (Å²) in [7, 11) is 0. The molecule has 0 nitrogen and oxygen atoms in total. The van der Waals surface area contributed by atoms with Crippen molar-refractivity contribution in [2.45, 2.75) is 33.6 Å². The van der Waals surface area contributed by atoms with E-state index in [0.717, 1.165) is 12.8 Å². The van der Waals surface area contributed by atoms with Gasteiger partial charge in [0.1, 0.15) is 0 Å². The predicted molar refractivity (Wildman–Crippen MR) is 86.7 cm³/mol. The Morgan fingerprint density at radius 3 is 2.10 bits per heavy atom. The first-order chi connectivity index (χ1) is 9.67. The van der Waals surface area contributed by atoms with Gasteiger partial charge in [0.2, 0.25) is 0 Å². The van der Waals surface area contributed by atoms with Gasteiger partial charge in [-0.25, -0.2) is 0 Å². The van der Waals surface area contributed by atoms with Gasteiger partial charge in [0.15, 0.2) is 0 Å². The first-order valence-electron chi connectivity index (χ1n) is 7.42. The van der Waals surface area contributed by atoms with Crippen molar-refractivity contribution in [3.05, 3.63) is 82.5 Å². The second-order valence-electron chi connectivity index (χ2n) is 5.85. The van der Waals surface area contributed by atoms with Crippen LogP contribution in [0, 0.1) is 5.41 Å². The molecule has 2 aliphatic carbocycles. The van der Waals surface area contributed by atoms with Gasteiger partial charge in [0.25, 0.3) is 0 Å². The van der Waals surface area contributed by atoms with E-state index in [0.29, 0.717) is 0 Å². The second kappa shape index (κ2) is 4.63. The van der Waals surface area contributed by atoms with Gasteiger partial charge in [-0.1, -0.05) is 49.1 Å². The molecule has 0 unspecified atom stereocenters. The molecule has 0 radical (unpaired) electrons. The molecule has 20 heavy (non-hydrogen) atoms. The lowest BCUT2D eigenvalue weighted by atomic mass is 9.74. The minimum atomic E-state index is 0.131. The summed E-state index contributed by atoms with van der Waals surface area (Å²) in [5.74, 6) is 0. The van der Waals surface area contributed by atoms with Crippen LogP contribution in [0.5, 0.6) is 0 Å². The van der Waals surface area contributed by atoms with Crippen LogP contribution in [0.15, 0.2) is 71.4 Å². The Bertz CT molecular complexity index is 640. The van der Waals surface area contributed by atoms with E-state index in [1.807, 2.05) is 0 Å². The number of hydrogen-bond donors (Lipinski definition) is 0. The maximum atomic E-state index is 4.10. The fourth-order valence-corrected chi connectivity index (χ4v) is 4.26. The highest BCUT2D eigenvalue weighted by molar-refractivity contribution is 5.67. The highest BCUT2D eigenvalue weighted by atomic mass is 14.5. The Labute approximate surface area is 122 Å². The van der Waals surface area contributed by atoms with Crippen LogP contribution in [0.25, 0.3) is 0 Å². The molecule has 0 atom stereocenters. The fourth-order valence-electron chi connectivity index (χ4n) is 4.26. The predicted octanol–water partition coefficient (Wildman–Crippen LogP) is 5.18. The summed E-state index contributed by atoms with van der Waals surface area (Å²) in [4.78, 5) is 0. The molecular formula is C20H22. The normalized spacial score (nSPS) is 23.9. The van der Waals surface area contributed by atoms with Gasteiger partial charge in [0, 0.05) is 5.41 Å². The van der Waals surface area contributed by atoms with Crippen LogP contribution in [0.1, 0.15) is 31.9 Å². The highest BCUT2D eigenvalue weighted by Crippen LogP contribution is 2.57. The number of fused-ring (bicyclic) bond motifs is 1. The van der Waals surface area contributed by atoms with Crippen molar-refractivity contribution in [1.29, 1.82) is 0 Å². The van der Waals surface area contributed by atoms with Crippen LogP contribution in [0.3, 0.4) is 0 Å². The van der Waals surface area contributed by atoms with Gasteiger partial charge < -0.3 is 0 Å². The lowest BCUT2D eigenvalue weighted by Crippen LogP contribution is -2.22. The number of rotatable bonds is 1. The summed E-state index contributed by atoms with van der Waals surface area (Å²) in [6.07, 6.45) is 8.87. The quantitative estimate of drug-likeness (QED) is 0.654. The molecule has 0 amide bonds. The van der Waals surface area contributed by atoms with Crippen LogP contribution in [0.4, 0.5) is 0 Å².